The van der Waals surface area contributed by atoms with E-state index in [-0.39, 0.29) is 0 Å². The highest BCUT2D eigenvalue weighted by molar-refractivity contribution is 9.09. The molecule has 0 atom stereocenters. The third-order valence-corrected chi connectivity index (χ3v) is 4.48. The summed E-state index contributed by atoms with van der Waals surface area (Å²) in [6.07, 6.45) is 0. The Bertz CT molecular complexity index is 993. The first-order chi connectivity index (χ1) is 12.6. The van der Waals surface area contributed by atoms with E-state index in [2.05, 4.69) is 15.9 Å². The molecule has 2 aromatic carbocycles. The quantitative estimate of drug-likeness (QED) is 0.433. The highest BCUT2D eigenvalue weighted by atomic mass is 79.9. The average molecular weight is 419 g/mol. The van der Waals surface area contributed by atoms with Gasteiger partial charge in [0.1, 0.15) is 11.3 Å². The number of ether oxygens (including phenoxy) is 3. The van der Waals surface area contributed by atoms with Gasteiger partial charge in [0, 0.05) is 16.8 Å². The van der Waals surface area contributed by atoms with Gasteiger partial charge in [0.25, 0.3) is 0 Å². The number of halogens is 1. The van der Waals surface area contributed by atoms with Crippen LogP contribution in [0.25, 0.3) is 22.1 Å². The lowest BCUT2D eigenvalue weighted by Gasteiger charge is -2.12. The largest absolute Gasteiger partial charge is 0.493 e. The van der Waals surface area contributed by atoms with Crippen LogP contribution in [0, 0.1) is 6.92 Å². The number of hydrogen-bond donors (Lipinski definition) is 0. The Kier molecular flexibility index (Phi) is 5.52. The van der Waals surface area contributed by atoms with Crippen molar-refractivity contribution >= 4 is 26.9 Å². The van der Waals surface area contributed by atoms with E-state index in [0.717, 1.165) is 21.8 Å². The van der Waals surface area contributed by atoms with E-state index in [1.807, 2.05) is 25.1 Å². The summed E-state index contributed by atoms with van der Waals surface area (Å²) in [5.74, 6) is 1.83. The molecule has 0 aliphatic heterocycles. The maximum Gasteiger partial charge on any atom is 0.344 e. The fraction of sp³-hybridized carbons (Fsp3) is 0.250. The normalized spacial score (nSPS) is 10.8. The van der Waals surface area contributed by atoms with Crippen molar-refractivity contribution in [2.45, 2.75) is 6.92 Å². The predicted molar refractivity (Wildman–Crippen MR) is 105 cm³/mol. The van der Waals surface area contributed by atoms with E-state index >= 15 is 0 Å². The zero-order valence-corrected chi connectivity index (χ0v) is 16.4. The van der Waals surface area contributed by atoms with E-state index in [9.17, 15) is 4.79 Å². The van der Waals surface area contributed by atoms with Gasteiger partial charge in [0.05, 0.1) is 26.4 Å². The molecule has 0 unspecified atom stereocenters. The first-order valence-electron chi connectivity index (χ1n) is 8.07. The minimum Gasteiger partial charge on any atom is -0.493 e. The minimum atomic E-state index is -0.403. The first-order valence-corrected chi connectivity index (χ1v) is 9.19. The van der Waals surface area contributed by atoms with E-state index in [1.165, 1.54) is 0 Å². The molecular formula is C20H19BrO5. The van der Waals surface area contributed by atoms with E-state index < -0.39 is 5.63 Å². The smallest absolute Gasteiger partial charge is 0.344 e. The number of alkyl halides is 1. The van der Waals surface area contributed by atoms with E-state index in [4.69, 9.17) is 18.6 Å². The van der Waals surface area contributed by atoms with Crippen molar-refractivity contribution in [1.29, 1.82) is 0 Å². The number of hydrogen-bond acceptors (Lipinski definition) is 5. The molecule has 1 aromatic heterocycles. The van der Waals surface area contributed by atoms with Crippen LogP contribution in [0.3, 0.4) is 0 Å². The van der Waals surface area contributed by atoms with Crippen LogP contribution in [-0.2, 0) is 0 Å². The Morgan fingerprint density at radius 3 is 2.50 bits per heavy atom. The highest BCUT2D eigenvalue weighted by Gasteiger charge is 2.16. The molecule has 3 rings (SSSR count). The van der Waals surface area contributed by atoms with Gasteiger partial charge in [-0.05, 0) is 42.3 Å². The molecule has 6 heteroatoms. The monoisotopic (exact) mass is 418 g/mol. The standard InChI is InChI=1S/C20H19BrO5/c1-12-15-6-5-14(25-9-8-21)11-17(15)26-20(22)19(12)13-4-7-16(23-2)18(10-13)24-3/h4-7,10-11H,8-9H2,1-3H3. The predicted octanol–water partition coefficient (Wildman–Crippen LogP) is 4.56. The van der Waals surface area contributed by atoms with Gasteiger partial charge in [-0.15, -0.1) is 0 Å². The number of aryl methyl sites for hydroxylation is 1. The minimum absolute atomic E-state index is 0.403. The van der Waals surface area contributed by atoms with E-state index in [0.29, 0.717) is 35.0 Å². The number of benzene rings is 2. The molecule has 5 nitrogen and oxygen atoms in total. The van der Waals surface area contributed by atoms with Crippen LogP contribution >= 0.6 is 15.9 Å². The van der Waals surface area contributed by atoms with Crippen LogP contribution in [0.4, 0.5) is 0 Å². The van der Waals surface area contributed by atoms with Crippen LogP contribution in [0.5, 0.6) is 17.2 Å². The third-order valence-electron chi connectivity index (χ3n) is 4.16. The molecule has 0 bridgehead atoms. The molecule has 136 valence electrons. The van der Waals surface area contributed by atoms with Crippen molar-refractivity contribution in [1.82, 2.24) is 0 Å². The van der Waals surface area contributed by atoms with Crippen molar-refractivity contribution in [3.05, 3.63) is 52.4 Å². The molecule has 0 N–H and O–H groups in total. The van der Waals surface area contributed by atoms with Gasteiger partial charge in [-0.2, -0.15) is 0 Å². The molecule has 0 spiro atoms. The number of fused-ring (bicyclic) bond motifs is 1. The Labute approximate surface area is 159 Å². The summed E-state index contributed by atoms with van der Waals surface area (Å²) in [4.78, 5) is 12.6. The topological polar surface area (TPSA) is 57.9 Å². The SMILES string of the molecule is COc1ccc(-c2c(C)c3ccc(OCCBr)cc3oc2=O)cc1OC. The Morgan fingerprint density at radius 2 is 1.81 bits per heavy atom. The third kappa shape index (κ3) is 3.42. The summed E-state index contributed by atoms with van der Waals surface area (Å²) in [6, 6.07) is 10.9. The lowest BCUT2D eigenvalue weighted by molar-refractivity contribution is 0.345. The fourth-order valence-electron chi connectivity index (χ4n) is 2.91. The van der Waals surface area contributed by atoms with Gasteiger partial charge in [0.2, 0.25) is 0 Å². The summed E-state index contributed by atoms with van der Waals surface area (Å²) < 4.78 is 21.7. The Morgan fingerprint density at radius 1 is 1.04 bits per heavy atom. The lowest BCUT2D eigenvalue weighted by atomic mass is 9.99. The Hall–Kier alpha value is -2.47. The van der Waals surface area contributed by atoms with Gasteiger partial charge >= 0.3 is 5.63 Å². The van der Waals surface area contributed by atoms with Crippen molar-refractivity contribution in [2.75, 3.05) is 26.2 Å². The highest BCUT2D eigenvalue weighted by Crippen LogP contribution is 2.34. The van der Waals surface area contributed by atoms with Gasteiger partial charge in [-0.3, -0.25) is 0 Å². The molecule has 0 amide bonds. The summed E-state index contributed by atoms with van der Waals surface area (Å²) in [6.45, 7) is 2.45. The summed E-state index contributed by atoms with van der Waals surface area (Å²) in [5.41, 5.74) is 2.17. The number of rotatable bonds is 6. The molecule has 0 aliphatic carbocycles. The summed E-state index contributed by atoms with van der Waals surface area (Å²) in [7, 11) is 3.13. The van der Waals surface area contributed by atoms with Crippen LogP contribution in [0.15, 0.2) is 45.6 Å². The van der Waals surface area contributed by atoms with Gasteiger partial charge in [-0.1, -0.05) is 22.0 Å². The van der Waals surface area contributed by atoms with E-state index in [1.54, 1.807) is 32.4 Å². The van der Waals surface area contributed by atoms with Crippen molar-refractivity contribution < 1.29 is 18.6 Å². The summed E-state index contributed by atoms with van der Waals surface area (Å²) in [5, 5.41) is 1.59. The van der Waals surface area contributed by atoms with Gasteiger partial charge < -0.3 is 18.6 Å². The van der Waals surface area contributed by atoms with Crippen molar-refractivity contribution in [3.8, 4) is 28.4 Å². The van der Waals surface area contributed by atoms with Gasteiger partial charge in [-0.25, -0.2) is 4.79 Å². The molecule has 0 aliphatic rings. The second kappa shape index (κ2) is 7.83. The van der Waals surface area contributed by atoms with Crippen LogP contribution < -0.4 is 19.8 Å². The first kappa shape index (κ1) is 18.3. The summed E-state index contributed by atoms with van der Waals surface area (Å²) >= 11 is 3.32. The molecule has 1 heterocycles. The van der Waals surface area contributed by atoms with Crippen LogP contribution in [0.1, 0.15) is 5.56 Å². The average Bonchev–Trinajstić information content (AvgIpc) is 2.65. The van der Waals surface area contributed by atoms with Crippen LogP contribution in [0.2, 0.25) is 0 Å². The van der Waals surface area contributed by atoms with Gasteiger partial charge in [0.15, 0.2) is 11.5 Å². The molecule has 0 radical (unpaired) electrons. The maximum atomic E-state index is 12.6. The molecular weight excluding hydrogens is 400 g/mol. The molecule has 26 heavy (non-hydrogen) atoms. The zero-order valence-electron chi connectivity index (χ0n) is 14.8. The molecule has 0 saturated carbocycles. The Balaban J connectivity index is 2.14. The number of methoxy groups -OCH3 is 2. The maximum absolute atomic E-state index is 12.6. The molecule has 0 fully saturated rings. The molecule has 3 aromatic rings. The fourth-order valence-corrected chi connectivity index (χ4v) is 3.07. The zero-order chi connectivity index (χ0) is 18.7. The van der Waals surface area contributed by atoms with Crippen molar-refractivity contribution in [2.24, 2.45) is 0 Å². The second-order valence-corrected chi connectivity index (χ2v) is 6.45. The second-order valence-electron chi connectivity index (χ2n) is 5.65. The van der Waals surface area contributed by atoms with Crippen LogP contribution in [-0.4, -0.2) is 26.2 Å². The molecule has 0 saturated heterocycles. The van der Waals surface area contributed by atoms with Crippen molar-refractivity contribution in [3.63, 3.8) is 0 Å². The lowest BCUT2D eigenvalue weighted by Crippen LogP contribution is -2.06.